The zero-order valence-electron chi connectivity index (χ0n) is 14.0. The van der Waals surface area contributed by atoms with E-state index in [1.165, 1.54) is 16.4 Å². The second-order valence-corrected chi connectivity index (χ2v) is 8.59. The van der Waals surface area contributed by atoms with Gasteiger partial charge in [0.2, 0.25) is 10.0 Å². The van der Waals surface area contributed by atoms with Crippen molar-refractivity contribution in [3.8, 4) is 0 Å². The van der Waals surface area contributed by atoms with Gasteiger partial charge in [0, 0.05) is 26.2 Å². The maximum Gasteiger partial charge on any atom is 0.276 e. The van der Waals surface area contributed by atoms with Crippen LogP contribution in [0.15, 0.2) is 27.6 Å². The third-order valence-electron chi connectivity index (χ3n) is 4.99. The SMILES string of the molecule is O=C(c1noc2ccc(S(=O)(=O)N3CCCC3)cc12)N1CCCCC1. The van der Waals surface area contributed by atoms with Crippen LogP contribution in [-0.2, 0) is 10.0 Å². The number of aromatic nitrogens is 1. The molecule has 1 aromatic heterocycles. The molecule has 0 bridgehead atoms. The molecule has 2 fully saturated rings. The molecule has 0 atom stereocenters. The summed E-state index contributed by atoms with van der Waals surface area (Å²) in [7, 11) is -3.54. The monoisotopic (exact) mass is 363 g/mol. The first kappa shape index (κ1) is 16.5. The number of hydrogen-bond acceptors (Lipinski definition) is 5. The molecule has 0 spiro atoms. The number of rotatable bonds is 3. The predicted molar refractivity (Wildman–Crippen MR) is 91.8 cm³/mol. The molecular formula is C17H21N3O4S. The summed E-state index contributed by atoms with van der Waals surface area (Å²) in [6.45, 7) is 2.51. The maximum atomic E-state index is 12.8. The van der Waals surface area contributed by atoms with E-state index in [2.05, 4.69) is 5.16 Å². The molecule has 4 rings (SSSR count). The summed E-state index contributed by atoms with van der Waals surface area (Å²) >= 11 is 0. The molecular weight excluding hydrogens is 342 g/mol. The van der Waals surface area contributed by atoms with E-state index < -0.39 is 10.0 Å². The highest BCUT2D eigenvalue weighted by Gasteiger charge is 2.29. The Kier molecular flexibility index (Phi) is 4.24. The maximum absolute atomic E-state index is 12.8. The topological polar surface area (TPSA) is 83.7 Å². The number of piperidine rings is 1. The van der Waals surface area contributed by atoms with Gasteiger partial charge in [-0.2, -0.15) is 4.31 Å². The number of sulfonamides is 1. The largest absolute Gasteiger partial charge is 0.355 e. The van der Waals surface area contributed by atoms with Crippen LogP contribution >= 0.6 is 0 Å². The van der Waals surface area contributed by atoms with Crippen molar-refractivity contribution in [3.63, 3.8) is 0 Å². The molecule has 1 aromatic carbocycles. The van der Waals surface area contributed by atoms with Crippen molar-refractivity contribution in [1.29, 1.82) is 0 Å². The van der Waals surface area contributed by atoms with Crippen molar-refractivity contribution < 1.29 is 17.7 Å². The quantitative estimate of drug-likeness (QED) is 0.835. The summed E-state index contributed by atoms with van der Waals surface area (Å²) in [5.74, 6) is -0.186. The van der Waals surface area contributed by atoms with Crippen LogP contribution in [0.3, 0.4) is 0 Å². The normalized spacial score (nSPS) is 19.6. The average Bonchev–Trinajstić information content (AvgIpc) is 3.31. The molecule has 0 aliphatic carbocycles. The molecule has 0 unspecified atom stereocenters. The van der Waals surface area contributed by atoms with E-state index in [0.717, 1.165) is 32.1 Å². The van der Waals surface area contributed by atoms with Crippen LogP contribution in [0.25, 0.3) is 11.0 Å². The molecule has 25 heavy (non-hydrogen) atoms. The third kappa shape index (κ3) is 2.93. The van der Waals surface area contributed by atoms with Crippen LogP contribution in [0.2, 0.25) is 0 Å². The lowest BCUT2D eigenvalue weighted by Gasteiger charge is -2.25. The van der Waals surface area contributed by atoms with E-state index in [4.69, 9.17) is 4.52 Å². The zero-order valence-corrected chi connectivity index (χ0v) is 14.8. The minimum absolute atomic E-state index is 0.186. The Morgan fingerprint density at radius 3 is 2.40 bits per heavy atom. The Morgan fingerprint density at radius 2 is 1.68 bits per heavy atom. The average molecular weight is 363 g/mol. The smallest absolute Gasteiger partial charge is 0.276 e. The number of likely N-dealkylation sites (tertiary alicyclic amines) is 1. The minimum atomic E-state index is -3.54. The highest BCUT2D eigenvalue weighted by atomic mass is 32.2. The van der Waals surface area contributed by atoms with Crippen molar-refractivity contribution in [3.05, 3.63) is 23.9 Å². The van der Waals surface area contributed by atoms with Gasteiger partial charge in [-0.3, -0.25) is 4.79 Å². The molecule has 0 radical (unpaired) electrons. The Balaban J connectivity index is 1.71. The lowest BCUT2D eigenvalue weighted by molar-refractivity contribution is 0.0716. The summed E-state index contributed by atoms with van der Waals surface area (Å²) in [5.41, 5.74) is 0.635. The fourth-order valence-electron chi connectivity index (χ4n) is 3.56. The van der Waals surface area contributed by atoms with Gasteiger partial charge in [-0.1, -0.05) is 5.16 Å². The number of fused-ring (bicyclic) bond motifs is 1. The Labute approximate surface area is 146 Å². The van der Waals surface area contributed by atoms with Gasteiger partial charge in [0.25, 0.3) is 5.91 Å². The number of benzene rings is 1. The summed E-state index contributed by atoms with van der Waals surface area (Å²) in [6.07, 6.45) is 4.86. The molecule has 2 aliphatic heterocycles. The van der Waals surface area contributed by atoms with Crippen molar-refractivity contribution in [2.24, 2.45) is 0 Å². The lowest BCUT2D eigenvalue weighted by Crippen LogP contribution is -2.35. The molecule has 134 valence electrons. The lowest BCUT2D eigenvalue weighted by atomic mass is 10.1. The van der Waals surface area contributed by atoms with Gasteiger partial charge in [0.15, 0.2) is 11.3 Å². The number of carbonyl (C=O) groups excluding carboxylic acids is 1. The summed E-state index contributed by atoms with van der Waals surface area (Å²) < 4.78 is 32.3. The van der Waals surface area contributed by atoms with Crippen molar-refractivity contribution in [1.82, 2.24) is 14.4 Å². The van der Waals surface area contributed by atoms with Crippen LogP contribution in [0.4, 0.5) is 0 Å². The van der Waals surface area contributed by atoms with E-state index in [1.54, 1.807) is 11.0 Å². The van der Waals surface area contributed by atoms with E-state index in [0.29, 0.717) is 37.1 Å². The van der Waals surface area contributed by atoms with E-state index in [9.17, 15) is 13.2 Å². The molecule has 8 heteroatoms. The van der Waals surface area contributed by atoms with E-state index in [-0.39, 0.29) is 16.5 Å². The van der Waals surface area contributed by atoms with Gasteiger partial charge in [-0.15, -0.1) is 0 Å². The fraction of sp³-hybridized carbons (Fsp3) is 0.529. The van der Waals surface area contributed by atoms with Crippen LogP contribution in [0.1, 0.15) is 42.6 Å². The highest BCUT2D eigenvalue weighted by Crippen LogP contribution is 2.27. The van der Waals surface area contributed by atoms with Gasteiger partial charge in [0.1, 0.15) is 0 Å². The van der Waals surface area contributed by atoms with Gasteiger partial charge in [-0.05, 0) is 50.3 Å². The second-order valence-electron chi connectivity index (χ2n) is 6.65. The Hall–Kier alpha value is -1.93. The standard InChI is InChI=1S/C17H21N3O4S/c21-17(19-8-2-1-3-9-19)16-14-12-13(6-7-15(14)24-18-16)25(22,23)20-10-4-5-11-20/h6-7,12H,1-5,8-11H2. The fourth-order valence-corrected chi connectivity index (χ4v) is 5.10. The molecule has 2 saturated heterocycles. The molecule has 3 heterocycles. The van der Waals surface area contributed by atoms with Crippen LogP contribution in [0.5, 0.6) is 0 Å². The molecule has 0 N–H and O–H groups in total. The summed E-state index contributed by atoms with van der Waals surface area (Å²) in [5, 5.41) is 4.38. The number of nitrogens with zero attached hydrogens (tertiary/aromatic N) is 3. The molecule has 0 saturated carbocycles. The van der Waals surface area contributed by atoms with Crippen LogP contribution < -0.4 is 0 Å². The Morgan fingerprint density at radius 1 is 1.00 bits per heavy atom. The van der Waals surface area contributed by atoms with Gasteiger partial charge >= 0.3 is 0 Å². The van der Waals surface area contributed by atoms with Crippen molar-refractivity contribution in [2.75, 3.05) is 26.2 Å². The molecule has 2 aliphatic rings. The first-order chi connectivity index (χ1) is 12.1. The number of hydrogen-bond donors (Lipinski definition) is 0. The Bertz CT molecular complexity index is 894. The molecule has 7 nitrogen and oxygen atoms in total. The van der Waals surface area contributed by atoms with Gasteiger partial charge < -0.3 is 9.42 Å². The number of amides is 1. The zero-order chi connectivity index (χ0) is 17.4. The van der Waals surface area contributed by atoms with Crippen molar-refractivity contribution >= 4 is 26.9 Å². The number of carbonyl (C=O) groups is 1. The van der Waals surface area contributed by atoms with Gasteiger partial charge in [0.05, 0.1) is 10.3 Å². The van der Waals surface area contributed by atoms with Crippen molar-refractivity contribution in [2.45, 2.75) is 37.0 Å². The third-order valence-corrected chi connectivity index (χ3v) is 6.88. The first-order valence-electron chi connectivity index (χ1n) is 8.76. The molecule has 1 amide bonds. The van der Waals surface area contributed by atoms with E-state index >= 15 is 0 Å². The highest BCUT2D eigenvalue weighted by molar-refractivity contribution is 7.89. The van der Waals surface area contributed by atoms with Gasteiger partial charge in [-0.25, -0.2) is 8.42 Å². The van der Waals surface area contributed by atoms with E-state index in [1.807, 2.05) is 0 Å². The van der Waals surface area contributed by atoms with Crippen LogP contribution in [0, 0.1) is 0 Å². The summed E-state index contributed by atoms with van der Waals surface area (Å²) in [6, 6.07) is 4.63. The predicted octanol–water partition coefficient (Wildman–Crippen LogP) is 2.24. The minimum Gasteiger partial charge on any atom is -0.355 e. The second kappa shape index (κ2) is 6.42. The summed E-state index contributed by atoms with van der Waals surface area (Å²) in [4.78, 5) is 14.7. The first-order valence-corrected chi connectivity index (χ1v) is 10.2. The molecule has 2 aromatic rings. The van der Waals surface area contributed by atoms with Crippen LogP contribution in [-0.4, -0.2) is 54.9 Å².